The maximum atomic E-state index is 10.4. The molecule has 0 aliphatic rings. The first-order chi connectivity index (χ1) is 6.27. The predicted octanol–water partition coefficient (Wildman–Crippen LogP) is 4.06. The summed E-state index contributed by atoms with van der Waals surface area (Å²) in [6.07, 6.45) is 11.8. The topological polar surface area (TPSA) is 17.1 Å². The maximum Gasteiger partial charge on any atom is 0.221 e. The normalized spacial score (nSPS) is 10.9. The van der Waals surface area contributed by atoms with Crippen LogP contribution in [0.25, 0.3) is 0 Å². The molecule has 0 radical (unpaired) electrons. The van der Waals surface area contributed by atoms with Crippen LogP contribution in [0, 0.1) is 0 Å². The lowest BCUT2D eigenvalue weighted by molar-refractivity contribution is -0.111. The van der Waals surface area contributed by atoms with Crippen molar-refractivity contribution in [3.63, 3.8) is 0 Å². The maximum absolute atomic E-state index is 10.4. The van der Waals surface area contributed by atoms with Crippen molar-refractivity contribution in [1.29, 1.82) is 0 Å². The number of rotatable bonds is 8. The van der Waals surface area contributed by atoms with Crippen LogP contribution in [0.3, 0.4) is 0 Å². The molecule has 0 saturated carbocycles. The summed E-state index contributed by atoms with van der Waals surface area (Å²) in [4.78, 5) is 10.4. The number of halogens is 1. The molecule has 0 N–H and O–H groups in total. The third-order valence-corrected chi connectivity index (χ3v) is 2.17. The second-order valence-corrected chi connectivity index (χ2v) is 3.65. The van der Waals surface area contributed by atoms with Gasteiger partial charge in [-0.05, 0) is 37.8 Å². The third kappa shape index (κ3) is 11.7. The summed E-state index contributed by atoms with van der Waals surface area (Å²) >= 11 is 5.21. The van der Waals surface area contributed by atoms with Crippen molar-refractivity contribution >= 4 is 16.8 Å². The van der Waals surface area contributed by atoms with Crippen molar-refractivity contribution in [2.45, 2.75) is 51.9 Å². The number of hydrogen-bond acceptors (Lipinski definition) is 1. The van der Waals surface area contributed by atoms with E-state index in [4.69, 9.17) is 11.6 Å². The number of unbranched alkanes of at least 4 members (excludes halogenated alkanes) is 5. The summed E-state index contributed by atoms with van der Waals surface area (Å²) in [5, 5.41) is -0.200. The van der Waals surface area contributed by atoms with Gasteiger partial charge in [0.15, 0.2) is 0 Å². The van der Waals surface area contributed by atoms with Crippen molar-refractivity contribution in [3.05, 3.63) is 12.2 Å². The highest BCUT2D eigenvalue weighted by molar-refractivity contribution is 6.63. The Hall–Kier alpha value is -0.300. The first-order valence-electron chi connectivity index (χ1n) is 5.07. The molecule has 0 atom stereocenters. The molecule has 13 heavy (non-hydrogen) atoms. The largest absolute Gasteiger partial charge is 0.281 e. The molecule has 0 saturated heterocycles. The minimum atomic E-state index is -0.200. The Morgan fingerprint density at radius 3 is 2.38 bits per heavy atom. The Labute approximate surface area is 86.2 Å². The van der Waals surface area contributed by atoms with Crippen molar-refractivity contribution in [2.75, 3.05) is 0 Å². The van der Waals surface area contributed by atoms with E-state index in [2.05, 4.69) is 12.2 Å². The molecule has 0 spiro atoms. The van der Waals surface area contributed by atoms with E-state index < -0.39 is 0 Å². The molecule has 0 aliphatic heterocycles. The molecule has 0 bridgehead atoms. The van der Waals surface area contributed by atoms with Crippen LogP contribution in [0.15, 0.2) is 12.2 Å². The SMILES string of the molecule is CC=CCCCCCCCC(=O)Cl. The summed E-state index contributed by atoms with van der Waals surface area (Å²) in [5.41, 5.74) is 0. The van der Waals surface area contributed by atoms with E-state index in [1.807, 2.05) is 6.92 Å². The lowest BCUT2D eigenvalue weighted by Gasteiger charge is -1.97. The van der Waals surface area contributed by atoms with Crippen LogP contribution < -0.4 is 0 Å². The fourth-order valence-electron chi connectivity index (χ4n) is 1.22. The molecule has 0 aromatic rings. The Morgan fingerprint density at radius 1 is 1.15 bits per heavy atom. The minimum Gasteiger partial charge on any atom is -0.281 e. The number of carbonyl (C=O) groups is 1. The second kappa shape index (κ2) is 9.79. The quantitative estimate of drug-likeness (QED) is 0.330. The Balaban J connectivity index is 2.95. The average molecular weight is 203 g/mol. The monoisotopic (exact) mass is 202 g/mol. The fourth-order valence-corrected chi connectivity index (χ4v) is 1.36. The lowest BCUT2D eigenvalue weighted by atomic mass is 10.1. The van der Waals surface area contributed by atoms with Crippen molar-refractivity contribution in [1.82, 2.24) is 0 Å². The summed E-state index contributed by atoms with van der Waals surface area (Å²) in [7, 11) is 0. The second-order valence-electron chi connectivity index (χ2n) is 3.23. The number of hydrogen-bond donors (Lipinski definition) is 0. The summed E-state index contributed by atoms with van der Waals surface area (Å²) in [6.45, 7) is 2.05. The Morgan fingerprint density at radius 2 is 1.77 bits per heavy atom. The molecule has 0 heterocycles. The highest BCUT2D eigenvalue weighted by Gasteiger charge is 1.95. The standard InChI is InChI=1S/C11H19ClO/c1-2-3-4-5-6-7-8-9-10-11(12)13/h2-3H,4-10H2,1H3. The van der Waals surface area contributed by atoms with E-state index in [0.717, 1.165) is 12.8 Å². The van der Waals surface area contributed by atoms with Gasteiger partial charge in [-0.25, -0.2) is 0 Å². The number of carbonyl (C=O) groups excluding carboxylic acids is 1. The van der Waals surface area contributed by atoms with Crippen molar-refractivity contribution in [3.8, 4) is 0 Å². The van der Waals surface area contributed by atoms with E-state index in [1.165, 1.54) is 25.7 Å². The zero-order valence-corrected chi connectivity index (χ0v) is 9.15. The predicted molar refractivity (Wildman–Crippen MR) is 58.0 cm³/mol. The first kappa shape index (κ1) is 12.7. The lowest BCUT2D eigenvalue weighted by Crippen LogP contribution is -1.86. The van der Waals surface area contributed by atoms with Gasteiger partial charge in [-0.1, -0.05) is 31.4 Å². The van der Waals surface area contributed by atoms with Crippen molar-refractivity contribution < 1.29 is 4.79 Å². The smallest absolute Gasteiger partial charge is 0.221 e. The van der Waals surface area contributed by atoms with Crippen LogP contribution >= 0.6 is 11.6 Å². The molecule has 0 aliphatic carbocycles. The first-order valence-corrected chi connectivity index (χ1v) is 5.44. The van der Waals surface area contributed by atoms with Gasteiger partial charge >= 0.3 is 0 Å². The molecule has 0 fully saturated rings. The summed E-state index contributed by atoms with van der Waals surface area (Å²) in [5.74, 6) is 0. The number of allylic oxidation sites excluding steroid dienone is 2. The zero-order chi connectivity index (χ0) is 9.94. The van der Waals surface area contributed by atoms with Crippen LogP contribution in [0.5, 0.6) is 0 Å². The summed E-state index contributed by atoms with van der Waals surface area (Å²) < 4.78 is 0. The van der Waals surface area contributed by atoms with Crippen molar-refractivity contribution in [2.24, 2.45) is 0 Å². The molecule has 76 valence electrons. The summed E-state index contributed by atoms with van der Waals surface area (Å²) in [6, 6.07) is 0. The molecule has 0 unspecified atom stereocenters. The van der Waals surface area contributed by atoms with Gasteiger partial charge in [0.2, 0.25) is 5.24 Å². The molecule has 1 nitrogen and oxygen atoms in total. The molecule has 0 aromatic carbocycles. The van der Waals surface area contributed by atoms with Gasteiger partial charge in [-0.3, -0.25) is 4.79 Å². The fraction of sp³-hybridized carbons (Fsp3) is 0.727. The van der Waals surface area contributed by atoms with Crippen LogP contribution in [-0.4, -0.2) is 5.24 Å². The van der Waals surface area contributed by atoms with Gasteiger partial charge < -0.3 is 0 Å². The van der Waals surface area contributed by atoms with Gasteiger partial charge in [0.1, 0.15) is 0 Å². The highest BCUT2D eigenvalue weighted by atomic mass is 35.5. The van der Waals surface area contributed by atoms with Crippen LogP contribution in [0.1, 0.15) is 51.9 Å². The van der Waals surface area contributed by atoms with Gasteiger partial charge in [0.05, 0.1) is 0 Å². The minimum absolute atomic E-state index is 0.200. The molecule has 0 rings (SSSR count). The van der Waals surface area contributed by atoms with E-state index in [1.54, 1.807) is 0 Å². The molecule has 0 amide bonds. The average Bonchev–Trinajstić information content (AvgIpc) is 2.09. The van der Waals surface area contributed by atoms with E-state index in [-0.39, 0.29) is 5.24 Å². The van der Waals surface area contributed by atoms with E-state index >= 15 is 0 Å². The van der Waals surface area contributed by atoms with Gasteiger partial charge in [-0.2, -0.15) is 0 Å². The Bertz CT molecular complexity index is 152. The molecule has 0 aromatic heterocycles. The van der Waals surface area contributed by atoms with Crippen LogP contribution in [-0.2, 0) is 4.79 Å². The van der Waals surface area contributed by atoms with Gasteiger partial charge in [0.25, 0.3) is 0 Å². The Kier molecular flexibility index (Phi) is 9.56. The highest BCUT2D eigenvalue weighted by Crippen LogP contribution is 2.08. The van der Waals surface area contributed by atoms with Crippen LogP contribution in [0.4, 0.5) is 0 Å². The third-order valence-electron chi connectivity index (χ3n) is 1.98. The molecular weight excluding hydrogens is 184 g/mol. The van der Waals surface area contributed by atoms with E-state index in [0.29, 0.717) is 6.42 Å². The zero-order valence-electron chi connectivity index (χ0n) is 8.39. The van der Waals surface area contributed by atoms with Crippen LogP contribution in [0.2, 0.25) is 0 Å². The van der Waals surface area contributed by atoms with Gasteiger partial charge in [-0.15, -0.1) is 0 Å². The molecular formula is C11H19ClO. The van der Waals surface area contributed by atoms with Gasteiger partial charge in [0, 0.05) is 6.42 Å². The van der Waals surface area contributed by atoms with E-state index in [9.17, 15) is 4.79 Å². The molecule has 2 heteroatoms.